The van der Waals surface area contributed by atoms with Crippen LogP contribution in [0.25, 0.3) is 0 Å². The third-order valence-corrected chi connectivity index (χ3v) is 6.95. The molecule has 1 rings (SSSR count). The highest BCUT2D eigenvalue weighted by atomic mass is 35.5. The summed E-state index contributed by atoms with van der Waals surface area (Å²) in [5, 5.41) is 2.68. The van der Waals surface area contributed by atoms with Crippen molar-refractivity contribution in [2.75, 3.05) is 33.2 Å². The van der Waals surface area contributed by atoms with Gasteiger partial charge in [0.25, 0.3) is 0 Å². The van der Waals surface area contributed by atoms with Gasteiger partial charge >= 0.3 is 0 Å². The zero-order valence-corrected chi connectivity index (χ0v) is 22.3. The fraction of sp³-hybridized carbons (Fsp3) is 0.963. The number of aliphatic imine (C=N–C) groups is 1. The minimum atomic E-state index is 0. The van der Waals surface area contributed by atoms with Gasteiger partial charge in [-0.05, 0) is 12.8 Å². The number of unbranched alkanes of at least 4 members (excludes halogenated alkanes) is 17. The predicted molar refractivity (Wildman–Crippen MR) is 135 cm³/mol. The summed E-state index contributed by atoms with van der Waals surface area (Å²) in [5.74, 6) is 0. The van der Waals surface area contributed by atoms with E-state index in [0.717, 1.165) is 17.7 Å². The molecule has 0 aromatic rings. The number of likely N-dealkylation sites (N-methyl/N-ethyl adjacent to an activating group) is 1. The van der Waals surface area contributed by atoms with E-state index >= 15 is 0 Å². The summed E-state index contributed by atoms with van der Waals surface area (Å²) < 4.78 is 0.947. The van der Waals surface area contributed by atoms with Gasteiger partial charge in [-0.25, -0.2) is 9.58 Å². The average Bonchev–Trinajstić information content (AvgIpc) is 3.19. The molecule has 1 heterocycles. The monoisotopic (exact) mass is 457 g/mol. The van der Waals surface area contributed by atoms with Gasteiger partial charge in [0.15, 0.2) is 0 Å². The second-order valence-electron chi connectivity index (χ2n) is 9.92. The Balaban J connectivity index is 0.00000900. The SMILES string of the molecule is CCCCCCCCCCCCCCCCCCN(CCCCC)[N+]1(C)C=NCC1.[Cl-]. The summed E-state index contributed by atoms with van der Waals surface area (Å²) in [7, 11) is 2.34. The van der Waals surface area contributed by atoms with Crippen LogP contribution in [0.1, 0.15) is 136 Å². The average molecular weight is 458 g/mol. The van der Waals surface area contributed by atoms with E-state index in [2.05, 4.69) is 37.2 Å². The molecule has 31 heavy (non-hydrogen) atoms. The largest absolute Gasteiger partial charge is 1.00 e. The van der Waals surface area contributed by atoms with E-state index in [0.29, 0.717) is 0 Å². The minimum absolute atomic E-state index is 0. The van der Waals surface area contributed by atoms with Gasteiger partial charge in [0.05, 0.1) is 13.6 Å². The molecule has 0 amide bonds. The Morgan fingerprint density at radius 2 is 0.968 bits per heavy atom. The number of quaternary nitrogens is 1. The lowest BCUT2D eigenvalue weighted by Crippen LogP contribution is -3.00. The van der Waals surface area contributed by atoms with Crippen molar-refractivity contribution in [1.82, 2.24) is 5.01 Å². The van der Waals surface area contributed by atoms with Crippen LogP contribution >= 0.6 is 0 Å². The summed E-state index contributed by atoms with van der Waals surface area (Å²) in [5.41, 5.74) is 0. The van der Waals surface area contributed by atoms with Crippen LogP contribution in [-0.4, -0.2) is 49.2 Å². The molecule has 0 aliphatic carbocycles. The van der Waals surface area contributed by atoms with Gasteiger partial charge in [-0.15, -0.1) is 5.01 Å². The first-order valence-corrected chi connectivity index (χ1v) is 13.8. The van der Waals surface area contributed by atoms with Crippen LogP contribution in [0.4, 0.5) is 0 Å². The van der Waals surface area contributed by atoms with Crippen molar-refractivity contribution in [3.8, 4) is 0 Å². The number of rotatable bonds is 22. The van der Waals surface area contributed by atoms with Crippen LogP contribution in [-0.2, 0) is 0 Å². The Bertz CT molecular complexity index is 402. The van der Waals surface area contributed by atoms with E-state index in [4.69, 9.17) is 0 Å². The van der Waals surface area contributed by atoms with Crippen LogP contribution in [0.2, 0.25) is 0 Å². The van der Waals surface area contributed by atoms with Gasteiger partial charge in [-0.1, -0.05) is 123 Å². The van der Waals surface area contributed by atoms with E-state index < -0.39 is 0 Å². The molecule has 1 atom stereocenters. The molecule has 0 saturated heterocycles. The topological polar surface area (TPSA) is 15.6 Å². The maximum Gasteiger partial charge on any atom is 0.205 e. The Hall–Kier alpha value is -0.120. The summed E-state index contributed by atoms with van der Waals surface area (Å²) >= 11 is 0. The highest BCUT2D eigenvalue weighted by Crippen LogP contribution is 2.16. The smallest absolute Gasteiger partial charge is 0.205 e. The zero-order chi connectivity index (χ0) is 21.8. The van der Waals surface area contributed by atoms with Gasteiger partial charge in [-0.2, -0.15) is 0 Å². The lowest BCUT2D eigenvalue weighted by Gasteiger charge is -2.36. The van der Waals surface area contributed by atoms with Crippen LogP contribution in [0.3, 0.4) is 0 Å². The Labute approximate surface area is 202 Å². The van der Waals surface area contributed by atoms with Crippen molar-refractivity contribution in [3.63, 3.8) is 0 Å². The molecule has 4 heteroatoms. The predicted octanol–water partition coefficient (Wildman–Crippen LogP) is 5.15. The van der Waals surface area contributed by atoms with Crippen molar-refractivity contribution in [2.45, 2.75) is 136 Å². The molecular weight excluding hydrogens is 402 g/mol. The highest BCUT2D eigenvalue weighted by molar-refractivity contribution is 5.47. The van der Waals surface area contributed by atoms with E-state index in [-0.39, 0.29) is 12.4 Å². The summed E-state index contributed by atoms with van der Waals surface area (Å²) in [6.07, 6.45) is 29.3. The Morgan fingerprint density at radius 1 is 0.613 bits per heavy atom. The zero-order valence-electron chi connectivity index (χ0n) is 21.6. The summed E-state index contributed by atoms with van der Waals surface area (Å²) in [4.78, 5) is 4.52. The van der Waals surface area contributed by atoms with E-state index in [9.17, 15) is 0 Å². The van der Waals surface area contributed by atoms with Gasteiger partial charge in [0.2, 0.25) is 6.34 Å². The lowest BCUT2D eigenvalue weighted by molar-refractivity contribution is -0.931. The molecular formula is C27H56ClN3. The number of hydrogen-bond acceptors (Lipinski definition) is 2. The lowest BCUT2D eigenvalue weighted by atomic mass is 10.0. The van der Waals surface area contributed by atoms with Crippen LogP contribution in [0.15, 0.2) is 4.99 Å². The number of halogens is 1. The van der Waals surface area contributed by atoms with Crippen molar-refractivity contribution in [2.24, 2.45) is 4.99 Å². The summed E-state index contributed by atoms with van der Waals surface area (Å²) in [6, 6.07) is 0. The molecule has 0 saturated carbocycles. The van der Waals surface area contributed by atoms with Crippen LogP contribution < -0.4 is 12.4 Å². The highest BCUT2D eigenvalue weighted by Gasteiger charge is 2.31. The van der Waals surface area contributed by atoms with Gasteiger partial charge in [-0.3, -0.25) is 0 Å². The molecule has 1 aliphatic heterocycles. The second kappa shape index (κ2) is 21.7. The maximum atomic E-state index is 4.52. The molecule has 0 aromatic heterocycles. The maximum absolute atomic E-state index is 4.52. The standard InChI is InChI=1S/C27H56N3.ClH/c1-4-6-8-9-10-11-12-13-14-15-16-17-18-19-20-22-25-29(24-21-7-5-2)30(3)26-23-28-27-30;/h27H,4-26H2,1-3H3;1H/q+1;/p-1. The quantitative estimate of drug-likeness (QED) is 0.162. The molecule has 0 aromatic carbocycles. The fourth-order valence-electron chi connectivity index (χ4n) is 4.72. The molecule has 1 aliphatic rings. The van der Waals surface area contributed by atoms with Gasteiger partial charge in [0.1, 0.15) is 6.54 Å². The molecule has 186 valence electrons. The molecule has 0 N–H and O–H groups in total. The molecule has 0 bridgehead atoms. The molecule has 0 radical (unpaired) electrons. The first-order chi connectivity index (χ1) is 14.7. The minimum Gasteiger partial charge on any atom is -1.00 e. The fourth-order valence-corrected chi connectivity index (χ4v) is 4.72. The third-order valence-electron chi connectivity index (χ3n) is 6.95. The van der Waals surface area contributed by atoms with Crippen molar-refractivity contribution >= 4 is 6.34 Å². The number of nitrogens with zero attached hydrogens (tertiary/aromatic N) is 3. The van der Waals surface area contributed by atoms with Crippen molar-refractivity contribution in [1.29, 1.82) is 0 Å². The summed E-state index contributed by atoms with van der Waals surface area (Å²) in [6.45, 7) is 9.23. The molecule has 0 spiro atoms. The van der Waals surface area contributed by atoms with Gasteiger partial charge in [0, 0.05) is 13.1 Å². The molecule has 0 fully saturated rings. The van der Waals surface area contributed by atoms with Crippen LogP contribution in [0.5, 0.6) is 0 Å². The number of hydrogen-bond donors (Lipinski definition) is 0. The van der Waals surface area contributed by atoms with E-state index in [1.165, 1.54) is 135 Å². The molecule has 3 nitrogen and oxygen atoms in total. The first-order valence-electron chi connectivity index (χ1n) is 13.8. The van der Waals surface area contributed by atoms with Crippen molar-refractivity contribution < 1.29 is 17.0 Å². The normalized spacial score (nSPS) is 18.1. The third kappa shape index (κ3) is 16.2. The Kier molecular flexibility index (Phi) is 21.6. The molecule has 1 unspecified atom stereocenters. The second-order valence-corrected chi connectivity index (χ2v) is 9.92. The van der Waals surface area contributed by atoms with E-state index in [1.807, 2.05) is 0 Å². The van der Waals surface area contributed by atoms with E-state index in [1.54, 1.807) is 0 Å². The Morgan fingerprint density at radius 3 is 1.35 bits per heavy atom. The van der Waals surface area contributed by atoms with Crippen LogP contribution in [0, 0.1) is 0 Å². The van der Waals surface area contributed by atoms with Crippen molar-refractivity contribution in [3.05, 3.63) is 0 Å². The van der Waals surface area contributed by atoms with Gasteiger partial charge < -0.3 is 12.4 Å². The first kappa shape index (κ1) is 30.9.